The lowest BCUT2D eigenvalue weighted by Crippen LogP contribution is -2.23. The third-order valence-corrected chi connectivity index (χ3v) is 6.27. The van der Waals surface area contributed by atoms with Gasteiger partial charge in [0.1, 0.15) is 0 Å². The predicted octanol–water partition coefficient (Wildman–Crippen LogP) is 3.36. The first-order valence-corrected chi connectivity index (χ1v) is 9.54. The van der Waals surface area contributed by atoms with E-state index in [9.17, 15) is 23.4 Å². The fraction of sp³-hybridized carbons (Fsp3) is 0.455. The van der Waals surface area contributed by atoms with Gasteiger partial charge < -0.3 is 10.2 Å². The second-order valence-electron chi connectivity index (χ2n) is 8.09. The fourth-order valence-corrected chi connectivity index (χ4v) is 5.11. The number of aliphatic hydroxyl groups excluding tert-OH is 2. The molecule has 4 rings (SSSR count). The highest BCUT2D eigenvalue weighted by Crippen LogP contribution is 2.68. The molecular formula is C22H24F3NO2. The highest BCUT2D eigenvalue weighted by atomic mass is 19.4. The second kappa shape index (κ2) is 7.17. The maximum Gasteiger partial charge on any atom is 0.393 e. The van der Waals surface area contributed by atoms with Gasteiger partial charge in [0.05, 0.1) is 12.5 Å². The van der Waals surface area contributed by atoms with Gasteiger partial charge in [-0.1, -0.05) is 54.6 Å². The Morgan fingerprint density at radius 2 is 1.75 bits per heavy atom. The number of β-amino-alcohol motifs (C(OH)–C–C–N with tert-alkyl or cyclic N) is 1. The van der Waals surface area contributed by atoms with Gasteiger partial charge in [0.15, 0.2) is 0 Å². The smallest absolute Gasteiger partial charge is 0.393 e. The maximum atomic E-state index is 12.7. The molecule has 2 fully saturated rings. The Morgan fingerprint density at radius 1 is 1.04 bits per heavy atom. The standard InChI is InChI=1S/C22H24F3NO2/c23-22(24,25)10-15-5-4-6-16(9-15)11-26-12-19(28)21(14-26)18(13-27)20(21)17-7-2-1-3-8-17/h1-9,18-20,27-28H,10-14H2/t18-,19-,20-,21-/m1/s1. The molecule has 3 nitrogen and oxygen atoms in total. The van der Waals surface area contributed by atoms with Crippen LogP contribution in [0.1, 0.15) is 22.6 Å². The van der Waals surface area contributed by atoms with Gasteiger partial charge in [-0.2, -0.15) is 13.2 Å². The minimum Gasteiger partial charge on any atom is -0.396 e. The van der Waals surface area contributed by atoms with Crippen LogP contribution in [0.2, 0.25) is 0 Å². The largest absolute Gasteiger partial charge is 0.396 e. The van der Waals surface area contributed by atoms with Crippen LogP contribution in [0.15, 0.2) is 54.6 Å². The van der Waals surface area contributed by atoms with Crippen molar-refractivity contribution >= 4 is 0 Å². The molecule has 1 heterocycles. The molecule has 1 saturated carbocycles. The van der Waals surface area contributed by atoms with Crippen LogP contribution in [-0.2, 0) is 13.0 Å². The van der Waals surface area contributed by atoms with Crippen LogP contribution >= 0.6 is 0 Å². The van der Waals surface area contributed by atoms with E-state index < -0.39 is 18.7 Å². The number of benzene rings is 2. The summed E-state index contributed by atoms with van der Waals surface area (Å²) in [4.78, 5) is 2.09. The van der Waals surface area contributed by atoms with E-state index in [1.165, 1.54) is 6.07 Å². The van der Waals surface area contributed by atoms with E-state index in [4.69, 9.17) is 0 Å². The minimum atomic E-state index is -4.22. The molecule has 1 spiro atoms. The number of halogens is 3. The van der Waals surface area contributed by atoms with Crippen LogP contribution in [0.25, 0.3) is 0 Å². The van der Waals surface area contributed by atoms with E-state index in [1.54, 1.807) is 12.1 Å². The summed E-state index contributed by atoms with van der Waals surface area (Å²) < 4.78 is 38.0. The van der Waals surface area contributed by atoms with E-state index in [0.29, 0.717) is 19.6 Å². The number of alkyl halides is 3. The Labute approximate surface area is 162 Å². The summed E-state index contributed by atoms with van der Waals surface area (Å²) in [5.41, 5.74) is 1.80. The number of hydrogen-bond donors (Lipinski definition) is 2. The Bertz CT molecular complexity index is 826. The van der Waals surface area contributed by atoms with Crippen molar-refractivity contribution in [2.45, 2.75) is 31.2 Å². The van der Waals surface area contributed by atoms with Gasteiger partial charge in [-0.3, -0.25) is 4.90 Å². The van der Waals surface area contributed by atoms with Gasteiger partial charge in [-0.25, -0.2) is 0 Å². The molecule has 2 aromatic carbocycles. The third kappa shape index (κ3) is 3.56. The van der Waals surface area contributed by atoms with E-state index in [2.05, 4.69) is 4.90 Å². The summed E-state index contributed by atoms with van der Waals surface area (Å²) in [6.07, 6.45) is -5.72. The Morgan fingerprint density at radius 3 is 2.43 bits per heavy atom. The number of hydrogen-bond acceptors (Lipinski definition) is 3. The topological polar surface area (TPSA) is 43.7 Å². The summed E-state index contributed by atoms with van der Waals surface area (Å²) >= 11 is 0. The molecule has 0 bridgehead atoms. The second-order valence-corrected chi connectivity index (χ2v) is 8.09. The molecule has 0 unspecified atom stereocenters. The lowest BCUT2D eigenvalue weighted by molar-refractivity contribution is -0.127. The SMILES string of the molecule is OC[C@@H]1[C@@H](c2ccccc2)[C@]12CN(Cc1cccc(CC(F)(F)F)c1)C[C@H]2O. The van der Waals surface area contributed by atoms with Crippen molar-refractivity contribution in [3.05, 3.63) is 71.3 Å². The Hall–Kier alpha value is -1.89. The summed E-state index contributed by atoms with van der Waals surface area (Å²) in [6, 6.07) is 16.5. The summed E-state index contributed by atoms with van der Waals surface area (Å²) in [5, 5.41) is 20.7. The summed E-state index contributed by atoms with van der Waals surface area (Å²) in [5.74, 6) is 0.113. The quantitative estimate of drug-likeness (QED) is 0.822. The summed E-state index contributed by atoms with van der Waals surface area (Å²) in [6.45, 7) is 1.60. The highest BCUT2D eigenvalue weighted by molar-refractivity contribution is 5.36. The number of aliphatic hydroxyl groups is 2. The highest BCUT2D eigenvalue weighted by Gasteiger charge is 2.70. The van der Waals surface area contributed by atoms with E-state index in [-0.39, 0.29) is 29.4 Å². The molecule has 2 aromatic rings. The molecule has 0 aromatic heterocycles. The Kier molecular flexibility index (Phi) is 4.98. The van der Waals surface area contributed by atoms with Crippen LogP contribution in [-0.4, -0.2) is 47.1 Å². The average Bonchev–Trinajstić information content (AvgIpc) is 3.18. The predicted molar refractivity (Wildman–Crippen MR) is 99.7 cm³/mol. The van der Waals surface area contributed by atoms with Crippen molar-refractivity contribution in [1.29, 1.82) is 0 Å². The lowest BCUT2D eigenvalue weighted by atomic mass is 9.95. The van der Waals surface area contributed by atoms with Gasteiger partial charge >= 0.3 is 6.18 Å². The molecule has 4 atom stereocenters. The van der Waals surface area contributed by atoms with E-state index in [1.807, 2.05) is 36.4 Å². The number of rotatable bonds is 5. The van der Waals surface area contributed by atoms with Gasteiger partial charge in [-0.15, -0.1) is 0 Å². The molecule has 6 heteroatoms. The maximum absolute atomic E-state index is 12.7. The molecule has 150 valence electrons. The molecular weight excluding hydrogens is 367 g/mol. The normalized spacial score (nSPS) is 30.1. The first kappa shape index (κ1) is 19.4. The van der Waals surface area contributed by atoms with Crippen LogP contribution in [0.4, 0.5) is 13.2 Å². The summed E-state index contributed by atoms with van der Waals surface area (Å²) in [7, 11) is 0. The molecule has 1 aliphatic heterocycles. The van der Waals surface area contributed by atoms with Crippen molar-refractivity contribution in [3.63, 3.8) is 0 Å². The molecule has 28 heavy (non-hydrogen) atoms. The van der Waals surface area contributed by atoms with Crippen molar-refractivity contribution in [1.82, 2.24) is 4.90 Å². The number of nitrogens with zero attached hydrogens (tertiary/aromatic N) is 1. The van der Waals surface area contributed by atoms with Gasteiger partial charge in [0.25, 0.3) is 0 Å². The van der Waals surface area contributed by atoms with Gasteiger partial charge in [-0.05, 0) is 28.5 Å². The zero-order valence-electron chi connectivity index (χ0n) is 15.4. The first-order chi connectivity index (χ1) is 13.3. The monoisotopic (exact) mass is 391 g/mol. The van der Waals surface area contributed by atoms with Gasteiger partial charge in [0, 0.05) is 31.7 Å². The molecule has 1 saturated heterocycles. The van der Waals surface area contributed by atoms with E-state index in [0.717, 1.165) is 11.1 Å². The number of likely N-dealkylation sites (tertiary alicyclic amines) is 1. The minimum absolute atomic E-state index is 0.00598. The van der Waals surface area contributed by atoms with Crippen LogP contribution in [0.3, 0.4) is 0 Å². The van der Waals surface area contributed by atoms with Crippen molar-refractivity contribution in [2.75, 3.05) is 19.7 Å². The van der Waals surface area contributed by atoms with Gasteiger partial charge in [0.2, 0.25) is 0 Å². The van der Waals surface area contributed by atoms with E-state index >= 15 is 0 Å². The third-order valence-electron chi connectivity index (χ3n) is 6.27. The van der Waals surface area contributed by atoms with Crippen molar-refractivity contribution < 1.29 is 23.4 Å². The molecule has 2 N–H and O–H groups in total. The molecule has 0 amide bonds. The van der Waals surface area contributed by atoms with Crippen molar-refractivity contribution in [2.24, 2.45) is 11.3 Å². The lowest BCUT2D eigenvalue weighted by Gasteiger charge is -2.17. The average molecular weight is 391 g/mol. The zero-order chi connectivity index (χ0) is 19.9. The fourth-order valence-electron chi connectivity index (χ4n) is 5.11. The van der Waals surface area contributed by atoms with Crippen LogP contribution in [0.5, 0.6) is 0 Å². The first-order valence-electron chi connectivity index (χ1n) is 9.54. The van der Waals surface area contributed by atoms with Crippen molar-refractivity contribution in [3.8, 4) is 0 Å². The Balaban J connectivity index is 1.49. The zero-order valence-corrected chi connectivity index (χ0v) is 15.4. The van der Waals surface area contributed by atoms with Crippen LogP contribution < -0.4 is 0 Å². The molecule has 1 aliphatic carbocycles. The van der Waals surface area contributed by atoms with Crippen LogP contribution in [0, 0.1) is 11.3 Å². The molecule has 2 aliphatic rings. The molecule has 0 radical (unpaired) electrons.